The number of ether oxygens (including phenoxy) is 3. The van der Waals surface area contributed by atoms with Crippen LogP contribution in [0.5, 0.6) is 0 Å². The third-order valence-electron chi connectivity index (χ3n) is 10.5. The minimum atomic E-state index is -0.134. The van der Waals surface area contributed by atoms with Gasteiger partial charge in [0.25, 0.3) is 0 Å². The van der Waals surface area contributed by atoms with Crippen molar-refractivity contribution in [2.75, 3.05) is 40.0 Å². The van der Waals surface area contributed by atoms with E-state index in [1.54, 1.807) is 0 Å². The standard InChI is InChI=1S/C43H81NO6.CH4/c1-4-6-8-10-12-14-16-18-20-22-24-36-48-41(45)30-26-28-39(38-50-43(47)40-32-34-44(3)35-33-40)29-27-31-42(46)49-37-25-23-21-19-17-15-13-11-9-7-5-2;/h39-40H,4-38H2,1-3H3;1H4. The predicted molar refractivity (Wildman–Crippen MR) is 214 cm³/mol. The largest absolute Gasteiger partial charge is 0.466 e. The van der Waals surface area contributed by atoms with Crippen LogP contribution in [0.25, 0.3) is 0 Å². The lowest BCUT2D eigenvalue weighted by atomic mass is 9.95. The maximum Gasteiger partial charge on any atom is 0.309 e. The van der Waals surface area contributed by atoms with Gasteiger partial charge in [-0.15, -0.1) is 0 Å². The van der Waals surface area contributed by atoms with E-state index < -0.39 is 0 Å². The SMILES string of the molecule is C.CCCCCCCCCCCCCOC(=O)CCCC(CCCC(=O)OCCCCCCCCCCCCC)COC(=O)C1CCN(C)CC1. The topological polar surface area (TPSA) is 82.1 Å². The van der Waals surface area contributed by atoms with E-state index in [0.717, 1.165) is 64.5 Å². The minimum Gasteiger partial charge on any atom is -0.466 e. The Morgan fingerprint density at radius 1 is 0.529 bits per heavy atom. The Morgan fingerprint density at radius 3 is 1.25 bits per heavy atom. The van der Waals surface area contributed by atoms with Crippen LogP contribution < -0.4 is 0 Å². The molecule has 0 atom stereocenters. The lowest BCUT2D eigenvalue weighted by Crippen LogP contribution is -2.34. The zero-order valence-electron chi connectivity index (χ0n) is 33.3. The molecule has 51 heavy (non-hydrogen) atoms. The van der Waals surface area contributed by atoms with Gasteiger partial charge in [0, 0.05) is 12.8 Å². The molecule has 7 heteroatoms. The number of carbonyl (C=O) groups is 3. The third kappa shape index (κ3) is 31.6. The molecule has 0 aromatic rings. The number of piperidine rings is 1. The third-order valence-corrected chi connectivity index (χ3v) is 10.5. The Balaban J connectivity index is 0.0000250. The normalized spacial score (nSPS) is 13.6. The van der Waals surface area contributed by atoms with E-state index in [1.807, 2.05) is 0 Å². The molecule has 0 unspecified atom stereocenters. The average Bonchev–Trinajstić information content (AvgIpc) is 3.11. The second kappa shape index (κ2) is 36.7. The zero-order chi connectivity index (χ0) is 36.3. The number of rotatable bonds is 35. The molecule has 0 radical (unpaired) electrons. The molecule has 1 heterocycles. The molecule has 0 bridgehead atoms. The van der Waals surface area contributed by atoms with Crippen molar-refractivity contribution in [2.24, 2.45) is 11.8 Å². The van der Waals surface area contributed by atoms with Crippen LogP contribution in [0.15, 0.2) is 0 Å². The lowest BCUT2D eigenvalue weighted by molar-refractivity contribution is -0.152. The summed E-state index contributed by atoms with van der Waals surface area (Å²) in [6, 6.07) is 0. The van der Waals surface area contributed by atoms with Crippen molar-refractivity contribution in [1.82, 2.24) is 4.90 Å². The van der Waals surface area contributed by atoms with Gasteiger partial charge >= 0.3 is 17.9 Å². The van der Waals surface area contributed by atoms with E-state index in [2.05, 4.69) is 25.8 Å². The van der Waals surface area contributed by atoms with Gasteiger partial charge in [0.1, 0.15) is 0 Å². The van der Waals surface area contributed by atoms with E-state index >= 15 is 0 Å². The summed E-state index contributed by atoms with van der Waals surface area (Å²) in [6.07, 6.45) is 33.5. The van der Waals surface area contributed by atoms with Gasteiger partial charge in [-0.25, -0.2) is 0 Å². The molecular formula is C44H85NO6. The van der Waals surface area contributed by atoms with Crippen LogP contribution in [0.1, 0.15) is 214 Å². The predicted octanol–water partition coefficient (Wildman–Crippen LogP) is 12.2. The molecule has 0 aliphatic carbocycles. The van der Waals surface area contributed by atoms with Crippen LogP contribution in [0.3, 0.4) is 0 Å². The molecule has 0 amide bonds. The fourth-order valence-corrected chi connectivity index (χ4v) is 6.99. The molecule has 1 rings (SSSR count). The van der Waals surface area contributed by atoms with Crippen molar-refractivity contribution in [1.29, 1.82) is 0 Å². The first-order valence-corrected chi connectivity index (χ1v) is 21.6. The summed E-state index contributed by atoms with van der Waals surface area (Å²) >= 11 is 0. The van der Waals surface area contributed by atoms with Gasteiger partial charge in [0.05, 0.1) is 25.7 Å². The molecule has 0 saturated carbocycles. The molecule has 1 fully saturated rings. The van der Waals surface area contributed by atoms with E-state index in [0.29, 0.717) is 45.5 Å². The molecule has 1 aliphatic heterocycles. The van der Waals surface area contributed by atoms with Crippen LogP contribution in [0.2, 0.25) is 0 Å². The summed E-state index contributed by atoms with van der Waals surface area (Å²) in [7, 11) is 2.09. The molecule has 1 saturated heterocycles. The Kier molecular flexibility index (Phi) is 35.5. The summed E-state index contributed by atoms with van der Waals surface area (Å²) in [5, 5.41) is 0. The summed E-state index contributed by atoms with van der Waals surface area (Å²) in [5.74, 6) is -0.261. The van der Waals surface area contributed by atoms with E-state index in [1.165, 1.54) is 116 Å². The summed E-state index contributed by atoms with van der Waals surface area (Å²) in [6.45, 7) is 7.74. The molecular weight excluding hydrogens is 638 g/mol. The highest BCUT2D eigenvalue weighted by Gasteiger charge is 2.25. The van der Waals surface area contributed by atoms with E-state index in [9.17, 15) is 14.4 Å². The number of unbranched alkanes of at least 4 members (excludes halogenated alkanes) is 20. The number of nitrogens with zero attached hydrogens (tertiary/aromatic N) is 1. The molecule has 0 aromatic heterocycles. The Morgan fingerprint density at radius 2 is 0.882 bits per heavy atom. The van der Waals surface area contributed by atoms with Crippen molar-refractivity contribution >= 4 is 17.9 Å². The lowest BCUT2D eigenvalue weighted by Gasteiger charge is -2.28. The van der Waals surface area contributed by atoms with Crippen molar-refractivity contribution in [2.45, 2.75) is 214 Å². The van der Waals surface area contributed by atoms with Gasteiger partial charge in [-0.05, 0) is 77.4 Å². The van der Waals surface area contributed by atoms with Crippen LogP contribution in [-0.4, -0.2) is 62.8 Å². The summed E-state index contributed by atoms with van der Waals surface area (Å²) < 4.78 is 16.8. The Labute approximate surface area is 316 Å². The van der Waals surface area contributed by atoms with Crippen molar-refractivity contribution < 1.29 is 28.6 Å². The maximum atomic E-state index is 12.8. The number of esters is 3. The second-order valence-corrected chi connectivity index (χ2v) is 15.4. The zero-order valence-corrected chi connectivity index (χ0v) is 33.3. The quantitative estimate of drug-likeness (QED) is 0.0366. The van der Waals surface area contributed by atoms with Gasteiger partial charge in [0.15, 0.2) is 0 Å². The first-order chi connectivity index (χ1) is 24.5. The van der Waals surface area contributed by atoms with Gasteiger partial charge in [-0.2, -0.15) is 0 Å². The summed E-state index contributed by atoms with van der Waals surface area (Å²) in [5.41, 5.74) is 0. The maximum absolute atomic E-state index is 12.8. The van der Waals surface area contributed by atoms with Gasteiger partial charge in [-0.3, -0.25) is 14.4 Å². The van der Waals surface area contributed by atoms with Gasteiger partial charge < -0.3 is 19.1 Å². The molecule has 0 spiro atoms. The highest BCUT2D eigenvalue weighted by molar-refractivity contribution is 5.72. The highest BCUT2D eigenvalue weighted by atomic mass is 16.5. The van der Waals surface area contributed by atoms with Crippen LogP contribution in [0.4, 0.5) is 0 Å². The van der Waals surface area contributed by atoms with E-state index in [4.69, 9.17) is 14.2 Å². The smallest absolute Gasteiger partial charge is 0.309 e. The van der Waals surface area contributed by atoms with Crippen LogP contribution in [-0.2, 0) is 28.6 Å². The van der Waals surface area contributed by atoms with Gasteiger partial charge in [0.2, 0.25) is 0 Å². The highest BCUT2D eigenvalue weighted by Crippen LogP contribution is 2.22. The monoisotopic (exact) mass is 724 g/mol. The number of carbonyl (C=O) groups excluding carboxylic acids is 3. The minimum absolute atomic E-state index is 0. The van der Waals surface area contributed by atoms with Crippen LogP contribution >= 0.6 is 0 Å². The molecule has 302 valence electrons. The second-order valence-electron chi connectivity index (χ2n) is 15.4. The number of likely N-dealkylation sites (tertiary alicyclic amines) is 1. The fraction of sp³-hybridized carbons (Fsp3) is 0.932. The Hall–Kier alpha value is -1.63. The van der Waals surface area contributed by atoms with Gasteiger partial charge in [-0.1, -0.05) is 150 Å². The van der Waals surface area contributed by atoms with Crippen molar-refractivity contribution in [3.05, 3.63) is 0 Å². The van der Waals surface area contributed by atoms with Crippen LogP contribution in [0, 0.1) is 11.8 Å². The number of hydrogen-bond donors (Lipinski definition) is 0. The van der Waals surface area contributed by atoms with Crippen molar-refractivity contribution in [3.63, 3.8) is 0 Å². The van der Waals surface area contributed by atoms with E-state index in [-0.39, 0.29) is 37.2 Å². The van der Waals surface area contributed by atoms with Crippen molar-refractivity contribution in [3.8, 4) is 0 Å². The Bertz CT molecular complexity index is 750. The molecule has 0 aromatic carbocycles. The first kappa shape index (κ1) is 49.4. The number of hydrogen-bond acceptors (Lipinski definition) is 7. The molecule has 1 aliphatic rings. The fourth-order valence-electron chi connectivity index (χ4n) is 6.99. The molecule has 0 N–H and O–H groups in total. The molecule has 7 nitrogen and oxygen atoms in total. The average molecular weight is 724 g/mol. The first-order valence-electron chi connectivity index (χ1n) is 21.6. The summed E-state index contributed by atoms with van der Waals surface area (Å²) in [4.78, 5) is 39.8.